The first-order valence-electron chi connectivity index (χ1n) is 6.99. The predicted octanol–water partition coefficient (Wildman–Crippen LogP) is 6.42. The van der Waals surface area contributed by atoms with E-state index in [2.05, 4.69) is 94.8 Å². The van der Waals surface area contributed by atoms with Gasteiger partial charge < -0.3 is 0 Å². The molecule has 0 nitrogen and oxygen atoms in total. The minimum absolute atomic E-state index is 1.11. The van der Waals surface area contributed by atoms with Gasteiger partial charge in [-0.25, -0.2) is 0 Å². The molecule has 0 saturated carbocycles. The molecule has 1 heteroatoms. The van der Waals surface area contributed by atoms with Crippen molar-refractivity contribution in [1.29, 1.82) is 0 Å². The van der Waals surface area contributed by atoms with E-state index < -0.39 is 0 Å². The lowest BCUT2D eigenvalue weighted by atomic mass is 9.96. The molecule has 0 fully saturated rings. The quantitative estimate of drug-likeness (QED) is 0.352. The van der Waals surface area contributed by atoms with E-state index in [9.17, 15) is 0 Å². The van der Waals surface area contributed by atoms with E-state index in [0.717, 1.165) is 4.47 Å². The summed E-state index contributed by atoms with van der Waals surface area (Å²) in [5.74, 6) is 0. The Morgan fingerprint density at radius 2 is 1.29 bits per heavy atom. The Balaban J connectivity index is 2.07. The van der Waals surface area contributed by atoms with E-state index in [1.54, 1.807) is 0 Å². The van der Waals surface area contributed by atoms with Gasteiger partial charge in [0.1, 0.15) is 0 Å². The van der Waals surface area contributed by atoms with Crippen LogP contribution in [0.5, 0.6) is 0 Å². The molecule has 0 aromatic heterocycles. The first kappa shape index (κ1) is 12.6. The Morgan fingerprint density at radius 1 is 0.571 bits per heavy atom. The first-order chi connectivity index (χ1) is 10.3. The van der Waals surface area contributed by atoms with Crippen molar-refractivity contribution in [2.75, 3.05) is 0 Å². The van der Waals surface area contributed by atoms with Crippen LogP contribution in [0.1, 0.15) is 0 Å². The van der Waals surface area contributed by atoms with E-state index in [-0.39, 0.29) is 0 Å². The Morgan fingerprint density at radius 3 is 2.10 bits per heavy atom. The number of hydrogen-bond acceptors (Lipinski definition) is 0. The molecule has 4 aromatic carbocycles. The number of benzene rings is 4. The van der Waals surface area contributed by atoms with Crippen molar-refractivity contribution < 1.29 is 0 Å². The molecule has 0 radical (unpaired) electrons. The minimum atomic E-state index is 1.11. The van der Waals surface area contributed by atoms with Gasteiger partial charge in [0.25, 0.3) is 0 Å². The molecule has 0 bridgehead atoms. The average molecular weight is 333 g/mol. The normalized spacial score (nSPS) is 11.1. The molecule has 0 heterocycles. The Bertz CT molecular complexity index is 954. The van der Waals surface area contributed by atoms with Crippen LogP contribution in [0.4, 0.5) is 0 Å². The number of hydrogen-bond donors (Lipinski definition) is 0. The zero-order chi connectivity index (χ0) is 14.2. The Hall–Kier alpha value is -2.12. The highest BCUT2D eigenvalue weighted by atomic mass is 79.9. The molecular formula is C20H13Br. The van der Waals surface area contributed by atoms with Crippen molar-refractivity contribution >= 4 is 37.5 Å². The number of rotatable bonds is 1. The maximum Gasteiger partial charge on any atom is 0.0181 e. The van der Waals surface area contributed by atoms with Crippen LogP contribution in [0.3, 0.4) is 0 Å². The van der Waals surface area contributed by atoms with Crippen LogP contribution in [0.15, 0.2) is 83.3 Å². The van der Waals surface area contributed by atoms with Crippen LogP contribution in [0.25, 0.3) is 32.7 Å². The predicted molar refractivity (Wildman–Crippen MR) is 94.6 cm³/mol. The molecule has 0 atom stereocenters. The van der Waals surface area contributed by atoms with Gasteiger partial charge in [-0.1, -0.05) is 70.5 Å². The third-order valence-corrected chi connectivity index (χ3v) is 4.38. The molecule has 21 heavy (non-hydrogen) atoms. The standard InChI is InChI=1S/C20H13Br/c21-18-9-3-7-17(12-18)19-10-4-8-16-11-14-5-1-2-6-15(14)13-20(16)19/h1-13H. The summed E-state index contributed by atoms with van der Waals surface area (Å²) in [7, 11) is 0. The summed E-state index contributed by atoms with van der Waals surface area (Å²) < 4.78 is 1.11. The van der Waals surface area contributed by atoms with E-state index in [1.165, 1.54) is 32.7 Å². The third-order valence-electron chi connectivity index (χ3n) is 3.88. The zero-order valence-corrected chi connectivity index (χ0v) is 13.0. The molecule has 0 amide bonds. The second-order valence-electron chi connectivity index (χ2n) is 5.24. The van der Waals surface area contributed by atoms with E-state index in [1.807, 2.05) is 0 Å². The monoisotopic (exact) mass is 332 g/mol. The van der Waals surface area contributed by atoms with Crippen LogP contribution in [0, 0.1) is 0 Å². The Labute approximate surface area is 132 Å². The van der Waals surface area contributed by atoms with Crippen molar-refractivity contribution in [3.8, 4) is 11.1 Å². The largest absolute Gasteiger partial charge is 0.0616 e. The van der Waals surface area contributed by atoms with E-state index in [0.29, 0.717) is 0 Å². The van der Waals surface area contributed by atoms with Crippen LogP contribution < -0.4 is 0 Å². The van der Waals surface area contributed by atoms with Gasteiger partial charge in [0.15, 0.2) is 0 Å². The maximum atomic E-state index is 3.56. The summed E-state index contributed by atoms with van der Waals surface area (Å²) in [4.78, 5) is 0. The molecule has 0 spiro atoms. The lowest BCUT2D eigenvalue weighted by Crippen LogP contribution is -1.82. The van der Waals surface area contributed by atoms with E-state index in [4.69, 9.17) is 0 Å². The van der Waals surface area contributed by atoms with E-state index >= 15 is 0 Å². The molecule has 0 saturated heterocycles. The number of fused-ring (bicyclic) bond motifs is 2. The molecule has 4 rings (SSSR count). The fourth-order valence-electron chi connectivity index (χ4n) is 2.87. The smallest absolute Gasteiger partial charge is 0.0181 e. The third kappa shape index (κ3) is 2.24. The fraction of sp³-hybridized carbons (Fsp3) is 0. The van der Waals surface area contributed by atoms with Gasteiger partial charge in [-0.15, -0.1) is 0 Å². The van der Waals surface area contributed by atoms with Crippen LogP contribution in [-0.4, -0.2) is 0 Å². The van der Waals surface area contributed by atoms with Gasteiger partial charge in [0.05, 0.1) is 0 Å². The Kier molecular flexibility index (Phi) is 3.01. The van der Waals surface area contributed by atoms with Gasteiger partial charge in [-0.2, -0.15) is 0 Å². The van der Waals surface area contributed by atoms with Crippen LogP contribution in [-0.2, 0) is 0 Å². The highest BCUT2D eigenvalue weighted by Crippen LogP contribution is 2.32. The highest BCUT2D eigenvalue weighted by Gasteiger charge is 2.05. The molecule has 0 unspecified atom stereocenters. The summed E-state index contributed by atoms with van der Waals surface area (Å²) in [6, 6.07) is 28.1. The van der Waals surface area contributed by atoms with Gasteiger partial charge in [-0.3, -0.25) is 0 Å². The highest BCUT2D eigenvalue weighted by molar-refractivity contribution is 9.10. The lowest BCUT2D eigenvalue weighted by Gasteiger charge is -2.09. The fourth-order valence-corrected chi connectivity index (χ4v) is 3.27. The summed E-state index contributed by atoms with van der Waals surface area (Å²) in [6.07, 6.45) is 0. The van der Waals surface area contributed by atoms with Crippen molar-refractivity contribution in [3.63, 3.8) is 0 Å². The molecule has 4 aromatic rings. The summed E-state index contributed by atoms with van der Waals surface area (Å²) >= 11 is 3.56. The summed E-state index contributed by atoms with van der Waals surface area (Å²) in [5, 5.41) is 5.16. The SMILES string of the molecule is Brc1cccc(-c2cccc3cc4ccccc4cc23)c1. The molecule has 0 aliphatic carbocycles. The average Bonchev–Trinajstić information content (AvgIpc) is 2.52. The second-order valence-corrected chi connectivity index (χ2v) is 6.15. The van der Waals surface area contributed by atoms with Crippen LogP contribution >= 0.6 is 15.9 Å². The van der Waals surface area contributed by atoms with Gasteiger partial charge in [0.2, 0.25) is 0 Å². The zero-order valence-electron chi connectivity index (χ0n) is 11.4. The minimum Gasteiger partial charge on any atom is -0.0616 e. The summed E-state index contributed by atoms with van der Waals surface area (Å²) in [6.45, 7) is 0. The van der Waals surface area contributed by atoms with Gasteiger partial charge >= 0.3 is 0 Å². The van der Waals surface area contributed by atoms with Crippen molar-refractivity contribution in [1.82, 2.24) is 0 Å². The van der Waals surface area contributed by atoms with Gasteiger partial charge in [0, 0.05) is 4.47 Å². The molecule has 0 N–H and O–H groups in total. The van der Waals surface area contributed by atoms with Crippen molar-refractivity contribution in [3.05, 3.63) is 83.3 Å². The van der Waals surface area contributed by atoms with Gasteiger partial charge in [-0.05, 0) is 56.9 Å². The summed E-state index contributed by atoms with van der Waals surface area (Å²) in [5.41, 5.74) is 2.52. The molecule has 100 valence electrons. The molecule has 0 aliphatic rings. The van der Waals surface area contributed by atoms with Crippen molar-refractivity contribution in [2.24, 2.45) is 0 Å². The number of halogens is 1. The second kappa shape index (κ2) is 5.01. The molecule has 0 aliphatic heterocycles. The van der Waals surface area contributed by atoms with Crippen molar-refractivity contribution in [2.45, 2.75) is 0 Å². The van der Waals surface area contributed by atoms with Crippen LogP contribution in [0.2, 0.25) is 0 Å². The maximum absolute atomic E-state index is 3.56. The first-order valence-corrected chi connectivity index (χ1v) is 7.78. The lowest BCUT2D eigenvalue weighted by molar-refractivity contribution is 1.62. The molecular weight excluding hydrogens is 320 g/mol. The topological polar surface area (TPSA) is 0 Å².